The van der Waals surface area contributed by atoms with E-state index in [-0.39, 0.29) is 24.2 Å². The third-order valence-electron chi connectivity index (χ3n) is 6.91. The van der Waals surface area contributed by atoms with Gasteiger partial charge in [0.25, 0.3) is 0 Å². The average molecular weight is 520 g/mol. The lowest BCUT2D eigenvalue weighted by molar-refractivity contribution is -0.139. The molecule has 210 valence electrons. The zero-order chi connectivity index (χ0) is 27.4. The highest BCUT2D eigenvalue weighted by molar-refractivity contribution is 5.82. The number of urea groups is 1. The number of nitrogens with zero attached hydrogens (tertiary/aromatic N) is 3. The van der Waals surface area contributed by atoms with Crippen LogP contribution in [-0.4, -0.2) is 88.9 Å². The van der Waals surface area contributed by atoms with Gasteiger partial charge >= 0.3 is 12.0 Å². The molecule has 9 heteroatoms. The standard InChI is InChI=1S/C28H49N5O4/c1-7-37-19-22(6)32(17-9-8-12-24-14-13-23-11-10-16-29-26(23)30-24)18-15-25(27(34)35)31-28(36)33(20(2)3)21(4)5/h13-14,20-22,25H,7-12,15-19H2,1-6H3,(H,29,30)(H,31,36)(H,34,35). The summed E-state index contributed by atoms with van der Waals surface area (Å²) in [7, 11) is 0. The molecular formula is C28H49N5O4. The highest BCUT2D eigenvalue weighted by Gasteiger charge is 2.27. The molecule has 0 saturated heterocycles. The van der Waals surface area contributed by atoms with Crippen molar-refractivity contribution in [3.05, 3.63) is 23.4 Å². The molecule has 0 spiro atoms. The van der Waals surface area contributed by atoms with E-state index < -0.39 is 12.0 Å². The molecule has 2 atom stereocenters. The summed E-state index contributed by atoms with van der Waals surface area (Å²) in [4.78, 5) is 33.5. The normalized spacial score (nSPS) is 14.8. The number of anilines is 1. The number of rotatable bonds is 16. The zero-order valence-corrected chi connectivity index (χ0v) is 23.8. The molecule has 0 bridgehead atoms. The molecule has 2 unspecified atom stereocenters. The number of carbonyl (C=O) groups excluding carboxylic acids is 1. The summed E-state index contributed by atoms with van der Waals surface area (Å²) in [5.74, 6) is 0.0243. The van der Waals surface area contributed by atoms with Crippen molar-refractivity contribution in [1.29, 1.82) is 0 Å². The van der Waals surface area contributed by atoms with E-state index in [2.05, 4.69) is 34.6 Å². The van der Waals surface area contributed by atoms with Crippen LogP contribution >= 0.6 is 0 Å². The number of fused-ring (bicyclic) bond motifs is 1. The molecule has 0 radical (unpaired) electrons. The van der Waals surface area contributed by atoms with Crippen LogP contribution in [0.3, 0.4) is 0 Å². The van der Waals surface area contributed by atoms with Crippen LogP contribution in [0.5, 0.6) is 0 Å². The van der Waals surface area contributed by atoms with Crippen LogP contribution in [0, 0.1) is 0 Å². The van der Waals surface area contributed by atoms with Crippen LogP contribution in [0.4, 0.5) is 10.6 Å². The minimum absolute atomic E-state index is 0.0162. The second-order valence-corrected chi connectivity index (χ2v) is 10.6. The van der Waals surface area contributed by atoms with E-state index in [1.54, 1.807) is 4.90 Å². The number of amides is 2. The van der Waals surface area contributed by atoms with Crippen LogP contribution < -0.4 is 10.6 Å². The van der Waals surface area contributed by atoms with Gasteiger partial charge in [0.05, 0.1) is 6.61 Å². The topological polar surface area (TPSA) is 107 Å². The maximum absolute atomic E-state index is 12.8. The van der Waals surface area contributed by atoms with E-state index in [1.807, 2.05) is 34.6 Å². The van der Waals surface area contributed by atoms with Crippen LogP contribution in [0.1, 0.15) is 78.5 Å². The summed E-state index contributed by atoms with van der Waals surface area (Å²) in [5, 5.41) is 16.0. The number of aliphatic carboxylic acids is 1. The van der Waals surface area contributed by atoms with E-state index in [1.165, 1.54) is 5.56 Å². The van der Waals surface area contributed by atoms with Crippen LogP contribution in [0.2, 0.25) is 0 Å². The molecule has 2 amide bonds. The van der Waals surface area contributed by atoms with Crippen molar-refractivity contribution in [2.45, 2.75) is 104 Å². The van der Waals surface area contributed by atoms with Crippen molar-refractivity contribution < 1.29 is 19.4 Å². The molecule has 1 aliphatic heterocycles. The first kappa shape index (κ1) is 30.8. The second-order valence-electron chi connectivity index (χ2n) is 10.6. The van der Waals surface area contributed by atoms with Gasteiger partial charge in [-0.1, -0.05) is 6.07 Å². The molecule has 1 aliphatic rings. The van der Waals surface area contributed by atoms with Gasteiger partial charge in [0.1, 0.15) is 11.9 Å². The molecule has 37 heavy (non-hydrogen) atoms. The quantitative estimate of drug-likeness (QED) is 0.282. The van der Waals surface area contributed by atoms with Gasteiger partial charge in [0.15, 0.2) is 0 Å². The van der Waals surface area contributed by atoms with Gasteiger partial charge in [-0.2, -0.15) is 0 Å². The van der Waals surface area contributed by atoms with Crippen LogP contribution in [0.15, 0.2) is 12.1 Å². The Labute approximate surface area is 223 Å². The van der Waals surface area contributed by atoms with Gasteiger partial charge < -0.3 is 25.4 Å². The molecule has 2 heterocycles. The second kappa shape index (κ2) is 15.8. The Hall–Kier alpha value is -2.39. The number of carboxylic acids is 1. The van der Waals surface area contributed by atoms with Crippen molar-refractivity contribution in [2.24, 2.45) is 0 Å². The summed E-state index contributed by atoms with van der Waals surface area (Å²) in [6.45, 7) is 15.4. The number of nitrogens with one attached hydrogen (secondary N) is 2. The first-order valence-corrected chi connectivity index (χ1v) is 14.0. The number of aromatic nitrogens is 1. The van der Waals surface area contributed by atoms with Gasteiger partial charge in [-0.3, -0.25) is 4.90 Å². The molecule has 3 N–H and O–H groups in total. The third-order valence-corrected chi connectivity index (χ3v) is 6.91. The summed E-state index contributed by atoms with van der Waals surface area (Å²) >= 11 is 0. The summed E-state index contributed by atoms with van der Waals surface area (Å²) in [6, 6.07) is 3.17. The van der Waals surface area contributed by atoms with E-state index in [0.29, 0.717) is 26.2 Å². The minimum atomic E-state index is -1.01. The van der Waals surface area contributed by atoms with Crippen LogP contribution in [-0.2, 0) is 22.4 Å². The lowest BCUT2D eigenvalue weighted by Crippen LogP contribution is -2.53. The van der Waals surface area contributed by atoms with E-state index in [0.717, 1.165) is 56.7 Å². The SMILES string of the molecule is CCOCC(C)N(CCCCc1ccc2c(n1)NCCC2)CCC(NC(=O)N(C(C)C)C(C)C)C(=O)O. The molecule has 2 rings (SSSR count). The highest BCUT2D eigenvalue weighted by atomic mass is 16.5. The number of carbonyl (C=O) groups is 2. The van der Waals surface area contributed by atoms with Gasteiger partial charge in [-0.15, -0.1) is 0 Å². The Kier molecular flexibility index (Phi) is 13.1. The molecule has 0 fully saturated rings. The number of unbranched alkanes of at least 4 members (excludes halogenated alkanes) is 1. The summed E-state index contributed by atoms with van der Waals surface area (Å²) < 4.78 is 5.66. The fourth-order valence-corrected chi connectivity index (χ4v) is 4.92. The smallest absolute Gasteiger partial charge is 0.326 e. The Morgan fingerprint density at radius 2 is 1.86 bits per heavy atom. The van der Waals surface area contributed by atoms with Crippen molar-refractivity contribution in [3.63, 3.8) is 0 Å². The lowest BCUT2D eigenvalue weighted by Gasteiger charge is -2.33. The number of aryl methyl sites for hydroxylation is 2. The Balaban J connectivity index is 1.93. The van der Waals surface area contributed by atoms with Crippen LogP contribution in [0.25, 0.3) is 0 Å². The molecule has 0 saturated carbocycles. The molecule has 9 nitrogen and oxygen atoms in total. The highest BCUT2D eigenvalue weighted by Crippen LogP contribution is 2.20. The maximum atomic E-state index is 12.8. The predicted octanol–water partition coefficient (Wildman–Crippen LogP) is 4.16. The number of hydrogen-bond donors (Lipinski definition) is 3. The van der Waals surface area contributed by atoms with E-state index >= 15 is 0 Å². The number of ether oxygens (including phenoxy) is 1. The van der Waals surface area contributed by atoms with Crippen molar-refractivity contribution in [1.82, 2.24) is 20.1 Å². The van der Waals surface area contributed by atoms with E-state index in [9.17, 15) is 14.7 Å². The fraction of sp³-hybridized carbons (Fsp3) is 0.750. The minimum Gasteiger partial charge on any atom is -0.480 e. The van der Waals surface area contributed by atoms with Crippen molar-refractivity contribution in [2.75, 3.05) is 38.2 Å². The zero-order valence-electron chi connectivity index (χ0n) is 23.8. The Morgan fingerprint density at radius 3 is 2.51 bits per heavy atom. The van der Waals surface area contributed by atoms with Gasteiger partial charge in [0, 0.05) is 43.5 Å². The van der Waals surface area contributed by atoms with Gasteiger partial charge in [-0.25, -0.2) is 14.6 Å². The molecule has 0 aromatic carbocycles. The predicted molar refractivity (Wildman–Crippen MR) is 148 cm³/mol. The monoisotopic (exact) mass is 519 g/mol. The first-order valence-electron chi connectivity index (χ1n) is 14.0. The number of hydrogen-bond acceptors (Lipinski definition) is 6. The third kappa shape index (κ3) is 10.1. The Bertz CT molecular complexity index is 840. The first-order chi connectivity index (χ1) is 17.6. The maximum Gasteiger partial charge on any atom is 0.326 e. The lowest BCUT2D eigenvalue weighted by atomic mass is 10.1. The Morgan fingerprint density at radius 1 is 1.14 bits per heavy atom. The summed E-state index contributed by atoms with van der Waals surface area (Å²) in [5.41, 5.74) is 2.41. The van der Waals surface area contributed by atoms with Gasteiger partial charge in [-0.05, 0) is 98.2 Å². The summed E-state index contributed by atoms with van der Waals surface area (Å²) in [6.07, 6.45) is 5.47. The largest absolute Gasteiger partial charge is 0.480 e. The van der Waals surface area contributed by atoms with Crippen molar-refractivity contribution in [3.8, 4) is 0 Å². The number of carboxylic acid groups (broad SMARTS) is 1. The fourth-order valence-electron chi connectivity index (χ4n) is 4.92. The molecular weight excluding hydrogens is 470 g/mol. The van der Waals surface area contributed by atoms with Gasteiger partial charge in [0.2, 0.25) is 0 Å². The molecule has 1 aromatic rings. The van der Waals surface area contributed by atoms with Crippen molar-refractivity contribution >= 4 is 17.8 Å². The molecule has 1 aromatic heterocycles. The van der Waals surface area contributed by atoms with E-state index in [4.69, 9.17) is 9.72 Å². The molecule has 0 aliphatic carbocycles. The number of pyridine rings is 1. The average Bonchev–Trinajstić information content (AvgIpc) is 2.85.